The number of carbonyl (C=O) groups is 1. The molecule has 0 fully saturated rings. The normalized spacial score (nSPS) is 11.1. The Labute approximate surface area is 146 Å². The third-order valence-electron chi connectivity index (χ3n) is 3.52. The lowest BCUT2D eigenvalue weighted by Gasteiger charge is -2.09. The van der Waals surface area contributed by atoms with Crippen LogP contribution in [0.5, 0.6) is 5.75 Å². The summed E-state index contributed by atoms with van der Waals surface area (Å²) in [6.07, 6.45) is 1.41. The number of hydrogen-bond donors (Lipinski definition) is 3. The molecular weight excluding hydrogens is 361 g/mol. The van der Waals surface area contributed by atoms with Crippen LogP contribution >= 0.6 is 34.8 Å². The van der Waals surface area contributed by atoms with E-state index in [2.05, 4.69) is 4.98 Å². The topological polar surface area (TPSA) is 73.3 Å². The third-order valence-corrected chi connectivity index (χ3v) is 4.55. The van der Waals surface area contributed by atoms with Crippen LogP contribution in [0, 0.1) is 0 Å². The van der Waals surface area contributed by atoms with Crippen LogP contribution in [0.1, 0.15) is 5.56 Å². The van der Waals surface area contributed by atoms with Gasteiger partial charge in [-0.25, -0.2) is 0 Å². The monoisotopic (exact) mass is 369 g/mol. The number of carboxylic acid groups (broad SMARTS) is 1. The Balaban J connectivity index is 2.23. The Hall–Kier alpha value is -1.88. The number of phenols is 1. The first-order valence-electron chi connectivity index (χ1n) is 6.56. The van der Waals surface area contributed by atoms with Gasteiger partial charge in [-0.2, -0.15) is 0 Å². The summed E-state index contributed by atoms with van der Waals surface area (Å²) in [5.41, 5.74) is 2.26. The second-order valence-electron chi connectivity index (χ2n) is 5.05. The van der Waals surface area contributed by atoms with Crippen molar-refractivity contribution in [3.8, 4) is 16.9 Å². The zero-order valence-electron chi connectivity index (χ0n) is 11.5. The number of aromatic amines is 1. The molecule has 0 saturated heterocycles. The second-order valence-corrected chi connectivity index (χ2v) is 6.27. The first-order valence-corrected chi connectivity index (χ1v) is 7.70. The van der Waals surface area contributed by atoms with Crippen LogP contribution in [-0.2, 0) is 11.2 Å². The first-order chi connectivity index (χ1) is 10.9. The zero-order valence-corrected chi connectivity index (χ0v) is 13.8. The molecule has 118 valence electrons. The molecular formula is C16H10Cl3NO3. The lowest BCUT2D eigenvalue weighted by molar-refractivity contribution is -0.136. The smallest absolute Gasteiger partial charge is 0.307 e. The fourth-order valence-corrected chi connectivity index (χ4v) is 3.13. The predicted octanol–water partition coefficient (Wildman–Crippen LogP) is 5.13. The third kappa shape index (κ3) is 2.98. The Morgan fingerprint density at radius 1 is 1.04 bits per heavy atom. The second kappa shape index (κ2) is 5.96. The van der Waals surface area contributed by atoms with Gasteiger partial charge in [0.2, 0.25) is 0 Å². The molecule has 1 heterocycles. The summed E-state index contributed by atoms with van der Waals surface area (Å²) in [5.74, 6) is -0.959. The molecule has 3 aromatic rings. The fourth-order valence-electron chi connectivity index (χ4n) is 2.48. The minimum atomic E-state index is -0.955. The summed E-state index contributed by atoms with van der Waals surface area (Å²) in [6.45, 7) is 0. The van der Waals surface area contributed by atoms with E-state index < -0.39 is 5.97 Å². The molecule has 4 nitrogen and oxygen atoms in total. The predicted molar refractivity (Wildman–Crippen MR) is 91.8 cm³/mol. The van der Waals surface area contributed by atoms with Gasteiger partial charge in [0.05, 0.1) is 22.0 Å². The summed E-state index contributed by atoms with van der Waals surface area (Å²) in [5, 5.41) is 20.8. The molecule has 2 aromatic carbocycles. The van der Waals surface area contributed by atoms with Gasteiger partial charge in [0.1, 0.15) is 5.75 Å². The van der Waals surface area contributed by atoms with Gasteiger partial charge in [-0.3, -0.25) is 4.79 Å². The Bertz CT molecular complexity index is 934. The molecule has 0 bridgehead atoms. The van der Waals surface area contributed by atoms with Crippen molar-refractivity contribution < 1.29 is 15.0 Å². The van der Waals surface area contributed by atoms with Gasteiger partial charge < -0.3 is 15.2 Å². The maximum atomic E-state index is 11.0. The number of halogens is 3. The number of carboxylic acids is 1. The zero-order chi connectivity index (χ0) is 16.7. The van der Waals surface area contributed by atoms with Crippen molar-refractivity contribution in [2.75, 3.05) is 0 Å². The van der Waals surface area contributed by atoms with Crippen molar-refractivity contribution in [1.29, 1.82) is 0 Å². The molecule has 7 heteroatoms. The summed E-state index contributed by atoms with van der Waals surface area (Å²) in [6, 6.07) is 6.43. The molecule has 0 amide bonds. The molecule has 3 rings (SSSR count). The highest BCUT2D eigenvalue weighted by Crippen LogP contribution is 2.39. The van der Waals surface area contributed by atoms with Crippen molar-refractivity contribution in [3.05, 3.63) is 51.1 Å². The number of benzene rings is 2. The quantitative estimate of drug-likeness (QED) is 0.560. The van der Waals surface area contributed by atoms with Crippen molar-refractivity contribution in [1.82, 2.24) is 4.98 Å². The number of aliphatic carboxylic acids is 1. The summed E-state index contributed by atoms with van der Waals surface area (Å²) in [4.78, 5) is 13.8. The van der Waals surface area contributed by atoms with Crippen LogP contribution < -0.4 is 0 Å². The van der Waals surface area contributed by atoms with Gasteiger partial charge in [0.25, 0.3) is 0 Å². The number of aromatic hydroxyl groups is 1. The van der Waals surface area contributed by atoms with Gasteiger partial charge in [-0.05, 0) is 35.4 Å². The lowest BCUT2D eigenvalue weighted by Crippen LogP contribution is -1.98. The van der Waals surface area contributed by atoms with E-state index in [1.165, 1.54) is 12.1 Å². The van der Waals surface area contributed by atoms with Gasteiger partial charge in [0, 0.05) is 22.2 Å². The largest absolute Gasteiger partial charge is 0.506 e. The SMILES string of the molecule is O=C(O)Cc1c[nH]c2c(O)cc(-c3cc(Cl)c(Cl)cc3Cl)cc12. The van der Waals surface area contributed by atoms with Crippen LogP contribution in [0.25, 0.3) is 22.0 Å². The van der Waals surface area contributed by atoms with Gasteiger partial charge in [-0.15, -0.1) is 0 Å². The van der Waals surface area contributed by atoms with Gasteiger partial charge in [0.15, 0.2) is 0 Å². The summed E-state index contributed by atoms with van der Waals surface area (Å²) < 4.78 is 0. The van der Waals surface area contributed by atoms with Crippen LogP contribution in [0.3, 0.4) is 0 Å². The number of phenolic OH excluding ortho intramolecular Hbond substituents is 1. The summed E-state index contributed by atoms with van der Waals surface area (Å²) in [7, 11) is 0. The maximum Gasteiger partial charge on any atom is 0.307 e. The molecule has 0 aliphatic carbocycles. The van der Waals surface area contributed by atoms with Crippen LogP contribution in [0.2, 0.25) is 15.1 Å². The van der Waals surface area contributed by atoms with Crippen molar-refractivity contribution >= 4 is 51.7 Å². The molecule has 0 aliphatic rings. The Kier molecular flexibility index (Phi) is 4.15. The van der Waals surface area contributed by atoms with E-state index in [4.69, 9.17) is 39.9 Å². The minimum Gasteiger partial charge on any atom is -0.506 e. The van der Waals surface area contributed by atoms with E-state index >= 15 is 0 Å². The van der Waals surface area contributed by atoms with Crippen molar-refractivity contribution in [2.45, 2.75) is 6.42 Å². The molecule has 0 aliphatic heterocycles. The average Bonchev–Trinajstić information content (AvgIpc) is 2.86. The lowest BCUT2D eigenvalue weighted by atomic mass is 10.0. The van der Waals surface area contributed by atoms with Crippen molar-refractivity contribution in [3.63, 3.8) is 0 Å². The molecule has 0 radical (unpaired) electrons. The maximum absolute atomic E-state index is 11.0. The highest BCUT2D eigenvalue weighted by atomic mass is 35.5. The van der Waals surface area contributed by atoms with E-state index in [1.54, 1.807) is 18.3 Å². The van der Waals surface area contributed by atoms with Crippen LogP contribution in [-0.4, -0.2) is 21.2 Å². The number of nitrogens with one attached hydrogen (secondary N) is 1. The number of aromatic nitrogens is 1. The molecule has 0 unspecified atom stereocenters. The number of hydrogen-bond acceptors (Lipinski definition) is 2. The van der Waals surface area contributed by atoms with E-state index in [0.717, 1.165) is 0 Å². The Morgan fingerprint density at radius 2 is 1.74 bits per heavy atom. The summed E-state index contributed by atoms with van der Waals surface area (Å²) >= 11 is 18.2. The first kappa shape index (κ1) is 16.0. The molecule has 3 N–H and O–H groups in total. The average molecular weight is 371 g/mol. The number of fused-ring (bicyclic) bond motifs is 1. The number of H-pyrrole nitrogens is 1. The minimum absolute atomic E-state index is 0.00345. The highest BCUT2D eigenvalue weighted by molar-refractivity contribution is 6.44. The Morgan fingerprint density at radius 3 is 2.43 bits per heavy atom. The molecule has 0 saturated carbocycles. The molecule has 23 heavy (non-hydrogen) atoms. The highest BCUT2D eigenvalue weighted by Gasteiger charge is 2.15. The van der Waals surface area contributed by atoms with Crippen molar-refractivity contribution in [2.24, 2.45) is 0 Å². The van der Waals surface area contributed by atoms with Gasteiger partial charge >= 0.3 is 5.97 Å². The fraction of sp³-hybridized carbons (Fsp3) is 0.0625. The van der Waals surface area contributed by atoms with Crippen LogP contribution in [0.15, 0.2) is 30.5 Å². The molecule has 0 atom stereocenters. The van der Waals surface area contributed by atoms with E-state index in [-0.39, 0.29) is 12.2 Å². The van der Waals surface area contributed by atoms with E-state index in [1.807, 2.05) is 0 Å². The standard InChI is InChI=1S/C16H10Cl3NO3/c17-11-5-13(19)12(18)4-9(11)7-1-10-8(3-15(22)23)6-20-16(10)14(21)2-7/h1-2,4-6,20-21H,3H2,(H,22,23). The van der Waals surface area contributed by atoms with E-state index in [9.17, 15) is 9.90 Å². The van der Waals surface area contributed by atoms with Crippen LogP contribution in [0.4, 0.5) is 0 Å². The number of rotatable bonds is 3. The molecule has 1 aromatic heterocycles. The van der Waals surface area contributed by atoms with Gasteiger partial charge in [-0.1, -0.05) is 34.8 Å². The molecule has 0 spiro atoms. The van der Waals surface area contributed by atoms with E-state index in [0.29, 0.717) is 42.7 Å².